The fraction of sp³-hybridized carbons (Fsp3) is 0.448. The van der Waals surface area contributed by atoms with Crippen LogP contribution in [0.5, 0.6) is 0 Å². The molecule has 0 saturated heterocycles. The Labute approximate surface area is 223 Å². The quantitative estimate of drug-likeness (QED) is 0.457. The Morgan fingerprint density at radius 3 is 1.58 bits per heavy atom. The van der Waals surface area contributed by atoms with Gasteiger partial charge in [0.1, 0.15) is 11.2 Å². The van der Waals surface area contributed by atoms with Gasteiger partial charge in [0.15, 0.2) is 0 Å². The molecule has 2 amide bonds. The molecule has 2 aromatic carbocycles. The average molecular weight is 520 g/mol. The lowest BCUT2D eigenvalue weighted by Crippen LogP contribution is -2.41. The molecule has 1 aliphatic rings. The maximum Gasteiger partial charge on any atom is 0.407 e. The number of nitrogens with zero attached hydrogens (tertiary/aromatic N) is 3. The lowest BCUT2D eigenvalue weighted by Gasteiger charge is -2.31. The van der Waals surface area contributed by atoms with Crippen LogP contribution in [0.4, 0.5) is 9.59 Å². The van der Waals surface area contributed by atoms with Crippen molar-refractivity contribution >= 4 is 23.2 Å². The van der Waals surface area contributed by atoms with Crippen LogP contribution < -0.4 is 10.6 Å². The Morgan fingerprint density at radius 1 is 0.737 bits per heavy atom. The summed E-state index contributed by atoms with van der Waals surface area (Å²) in [6.45, 7) is 12.1. The molecule has 0 unspecified atom stereocenters. The van der Waals surface area contributed by atoms with E-state index in [0.717, 1.165) is 28.0 Å². The fourth-order valence-corrected chi connectivity index (χ4v) is 4.48. The number of fused-ring (bicyclic) bond motifs is 2. The summed E-state index contributed by atoms with van der Waals surface area (Å²) in [5, 5.41) is 5.84. The molecule has 2 heterocycles. The second-order valence-corrected chi connectivity index (χ2v) is 11.4. The standard InChI is InChI=1S/C29H37N5O4/c1-28(2,3)37-26(35)30-16-22-24-25(33-21-15-11-10-14-20(21)32-24)23(17-31-27(36)38-29(4,5)6)34(22)18-19-12-8-7-9-13-19/h7-15,22-23H,16-18H2,1-6H3,(H,30,35)(H,31,36)/t22-,23-/m1/s1. The summed E-state index contributed by atoms with van der Waals surface area (Å²) in [5.41, 5.74) is 2.95. The zero-order valence-electron chi connectivity index (χ0n) is 22.9. The van der Waals surface area contributed by atoms with Crippen molar-refractivity contribution in [3.05, 3.63) is 71.5 Å². The Bertz CT molecular complexity index is 1210. The number of carbonyl (C=O) groups excluding carboxylic acids is 2. The van der Waals surface area contributed by atoms with Crippen molar-refractivity contribution < 1.29 is 19.1 Å². The van der Waals surface area contributed by atoms with Crippen molar-refractivity contribution in [2.45, 2.75) is 71.4 Å². The highest BCUT2D eigenvalue weighted by molar-refractivity contribution is 5.75. The second-order valence-electron chi connectivity index (χ2n) is 11.4. The van der Waals surface area contributed by atoms with Crippen LogP contribution >= 0.6 is 0 Å². The van der Waals surface area contributed by atoms with E-state index >= 15 is 0 Å². The van der Waals surface area contributed by atoms with Crippen molar-refractivity contribution in [1.29, 1.82) is 0 Å². The van der Waals surface area contributed by atoms with Crippen molar-refractivity contribution in [1.82, 2.24) is 25.5 Å². The molecule has 0 bridgehead atoms. The van der Waals surface area contributed by atoms with Crippen LogP contribution in [0.15, 0.2) is 54.6 Å². The highest BCUT2D eigenvalue weighted by Gasteiger charge is 2.42. The molecule has 0 spiro atoms. The molecule has 2 atom stereocenters. The van der Waals surface area contributed by atoms with Crippen LogP contribution in [0.2, 0.25) is 0 Å². The zero-order chi connectivity index (χ0) is 27.5. The molecule has 38 heavy (non-hydrogen) atoms. The number of rotatable bonds is 6. The van der Waals surface area contributed by atoms with Crippen LogP contribution in [-0.4, -0.2) is 51.3 Å². The molecule has 202 valence electrons. The van der Waals surface area contributed by atoms with Gasteiger partial charge >= 0.3 is 12.2 Å². The summed E-state index contributed by atoms with van der Waals surface area (Å²) in [6.07, 6.45) is -0.995. The van der Waals surface area contributed by atoms with Crippen LogP contribution in [0, 0.1) is 0 Å². The number of nitrogens with one attached hydrogen (secondary N) is 2. The molecule has 0 fully saturated rings. The number of benzene rings is 2. The van der Waals surface area contributed by atoms with Crippen LogP contribution in [0.25, 0.3) is 11.0 Å². The lowest BCUT2D eigenvalue weighted by molar-refractivity contribution is 0.0482. The Hall–Kier alpha value is -3.72. The van der Waals surface area contributed by atoms with Gasteiger partial charge in [-0.05, 0) is 59.2 Å². The summed E-state index contributed by atoms with van der Waals surface area (Å²) >= 11 is 0. The molecule has 4 rings (SSSR count). The predicted molar refractivity (Wildman–Crippen MR) is 145 cm³/mol. The number of amides is 2. The normalized spacial score (nSPS) is 17.6. The maximum atomic E-state index is 12.6. The van der Waals surface area contributed by atoms with Gasteiger partial charge in [-0.3, -0.25) is 4.90 Å². The third kappa shape index (κ3) is 6.98. The van der Waals surface area contributed by atoms with E-state index in [1.54, 1.807) is 0 Å². The van der Waals surface area contributed by atoms with Gasteiger partial charge in [-0.15, -0.1) is 0 Å². The van der Waals surface area contributed by atoms with E-state index in [9.17, 15) is 9.59 Å². The SMILES string of the molecule is CC(C)(C)OC(=O)NC[C@@H]1c2nc3ccccc3nc2[C@@H](CNC(=O)OC(C)(C)C)N1Cc1ccccc1. The molecule has 2 N–H and O–H groups in total. The van der Waals surface area contributed by atoms with Gasteiger partial charge in [-0.25, -0.2) is 19.6 Å². The number of ether oxygens (including phenoxy) is 2. The first-order valence-electron chi connectivity index (χ1n) is 12.9. The summed E-state index contributed by atoms with van der Waals surface area (Å²) in [7, 11) is 0. The van der Waals surface area contributed by atoms with Crippen LogP contribution in [0.3, 0.4) is 0 Å². The van der Waals surface area contributed by atoms with Gasteiger partial charge in [0, 0.05) is 19.6 Å². The van der Waals surface area contributed by atoms with E-state index < -0.39 is 23.4 Å². The second kappa shape index (κ2) is 10.9. The molecule has 0 saturated carbocycles. The summed E-state index contributed by atoms with van der Waals surface area (Å²) in [5.74, 6) is 0. The number of alkyl carbamates (subject to hydrolysis) is 2. The summed E-state index contributed by atoms with van der Waals surface area (Å²) in [6, 6.07) is 17.2. The van der Waals surface area contributed by atoms with Crippen molar-refractivity contribution in [2.75, 3.05) is 13.1 Å². The van der Waals surface area contributed by atoms with Crippen LogP contribution in [-0.2, 0) is 16.0 Å². The largest absolute Gasteiger partial charge is 0.444 e. The van der Waals surface area contributed by atoms with E-state index in [2.05, 4.69) is 27.7 Å². The van der Waals surface area contributed by atoms with E-state index in [4.69, 9.17) is 19.4 Å². The van der Waals surface area contributed by atoms with Crippen molar-refractivity contribution in [3.63, 3.8) is 0 Å². The number of para-hydroxylation sites is 2. The maximum absolute atomic E-state index is 12.6. The number of aromatic nitrogens is 2. The molecular weight excluding hydrogens is 482 g/mol. The van der Waals surface area contributed by atoms with Gasteiger partial charge < -0.3 is 20.1 Å². The molecule has 9 heteroatoms. The van der Waals surface area contributed by atoms with E-state index in [1.807, 2.05) is 84.0 Å². The predicted octanol–water partition coefficient (Wildman–Crippen LogP) is 5.28. The molecular formula is C29H37N5O4. The van der Waals surface area contributed by atoms with Gasteiger partial charge in [-0.2, -0.15) is 0 Å². The number of hydrogen-bond donors (Lipinski definition) is 2. The van der Waals surface area contributed by atoms with Crippen molar-refractivity contribution in [3.8, 4) is 0 Å². The Morgan fingerprint density at radius 2 is 1.16 bits per heavy atom. The molecule has 3 aromatic rings. The van der Waals surface area contributed by atoms with Gasteiger partial charge in [0.05, 0.1) is 34.5 Å². The van der Waals surface area contributed by atoms with Gasteiger partial charge in [0.2, 0.25) is 0 Å². The first-order valence-corrected chi connectivity index (χ1v) is 12.9. The van der Waals surface area contributed by atoms with Gasteiger partial charge in [0.25, 0.3) is 0 Å². The Balaban J connectivity index is 1.69. The minimum Gasteiger partial charge on any atom is -0.444 e. The number of hydrogen-bond acceptors (Lipinski definition) is 7. The highest BCUT2D eigenvalue weighted by atomic mass is 16.6. The lowest BCUT2D eigenvalue weighted by atomic mass is 10.1. The topological polar surface area (TPSA) is 106 Å². The van der Waals surface area contributed by atoms with E-state index in [-0.39, 0.29) is 25.2 Å². The molecule has 1 aliphatic heterocycles. The number of carbonyl (C=O) groups is 2. The first-order chi connectivity index (χ1) is 17.9. The smallest absolute Gasteiger partial charge is 0.407 e. The molecule has 0 radical (unpaired) electrons. The first kappa shape index (κ1) is 27.3. The third-order valence-electron chi connectivity index (χ3n) is 5.94. The van der Waals surface area contributed by atoms with Crippen molar-refractivity contribution in [2.24, 2.45) is 0 Å². The monoisotopic (exact) mass is 519 g/mol. The van der Waals surface area contributed by atoms with Gasteiger partial charge in [-0.1, -0.05) is 42.5 Å². The minimum atomic E-state index is -0.614. The Kier molecular flexibility index (Phi) is 7.87. The zero-order valence-corrected chi connectivity index (χ0v) is 22.9. The minimum absolute atomic E-state index is 0.269. The van der Waals surface area contributed by atoms with Crippen LogP contribution in [0.1, 0.15) is 70.6 Å². The third-order valence-corrected chi connectivity index (χ3v) is 5.94. The molecule has 1 aromatic heterocycles. The average Bonchev–Trinajstić information content (AvgIpc) is 3.09. The highest BCUT2D eigenvalue weighted by Crippen LogP contribution is 2.41. The van der Waals surface area contributed by atoms with E-state index in [1.165, 1.54) is 0 Å². The fourth-order valence-electron chi connectivity index (χ4n) is 4.48. The van der Waals surface area contributed by atoms with E-state index in [0.29, 0.717) is 6.54 Å². The summed E-state index contributed by atoms with van der Waals surface area (Å²) in [4.78, 5) is 37.3. The molecule has 0 aliphatic carbocycles. The summed E-state index contributed by atoms with van der Waals surface area (Å²) < 4.78 is 11.0. The molecule has 9 nitrogen and oxygen atoms in total.